The maximum atomic E-state index is 5.52. The molecule has 0 bridgehead atoms. The minimum absolute atomic E-state index is 0.0804. The molecule has 0 spiro atoms. The van der Waals surface area contributed by atoms with Crippen LogP contribution in [-0.2, 0) is 65.3 Å². The lowest BCUT2D eigenvalue weighted by atomic mass is 9.87. The van der Waals surface area contributed by atoms with E-state index in [1.165, 1.54) is 117 Å². The Kier molecular flexibility index (Phi) is 31.9. The first-order valence-corrected chi connectivity index (χ1v) is 38.0. The smallest absolute Gasteiger partial charge is 0.167 e. The third kappa shape index (κ3) is 24.6. The largest absolute Gasteiger partial charge is 0.497 e. The normalized spacial score (nSPS) is 11.2. The third-order valence-corrected chi connectivity index (χ3v) is 22.6. The van der Waals surface area contributed by atoms with Gasteiger partial charge in [-0.25, -0.2) is 0 Å². The van der Waals surface area contributed by atoms with Crippen molar-refractivity contribution in [2.45, 2.75) is 165 Å². The van der Waals surface area contributed by atoms with Crippen LogP contribution in [-0.4, -0.2) is 56.5 Å². The number of aryl methyl sites for hydroxylation is 2. The van der Waals surface area contributed by atoms with Crippen LogP contribution in [0.15, 0.2) is 245 Å². The van der Waals surface area contributed by atoms with Gasteiger partial charge in [0.2, 0.25) is 0 Å². The zero-order chi connectivity index (χ0) is 60.8. The number of ether oxygens (including phenoxy) is 2. The lowest BCUT2D eigenvalue weighted by molar-refractivity contribution is 0.408. The van der Waals surface area contributed by atoms with E-state index in [0.29, 0.717) is 10.9 Å². The summed E-state index contributed by atoms with van der Waals surface area (Å²) in [5.41, 5.74) is 5.62. The van der Waals surface area contributed by atoms with Gasteiger partial charge in [-0.3, -0.25) is 0 Å². The maximum absolute atomic E-state index is 5.52. The summed E-state index contributed by atoms with van der Waals surface area (Å²) in [4.78, 5) is 10.8. The Bertz CT molecular complexity index is 2770. The molecule has 0 heterocycles. The minimum Gasteiger partial charge on any atom is -0.497 e. The highest BCUT2D eigenvalue weighted by Gasteiger charge is 2.31. The number of unbranched alkanes of at least 4 members (excludes halogenated alkanes) is 3. The molecule has 0 amide bonds. The van der Waals surface area contributed by atoms with Gasteiger partial charge < -0.3 is 9.47 Å². The summed E-state index contributed by atoms with van der Waals surface area (Å²) >= 11 is 0. The summed E-state index contributed by atoms with van der Waals surface area (Å²) in [6.45, 7) is 24.7. The first-order chi connectivity index (χ1) is 39.7. The molecule has 83 heavy (non-hydrogen) atoms. The van der Waals surface area contributed by atoms with Gasteiger partial charge in [-0.1, -0.05) is 179 Å². The molecule has 0 saturated carbocycles. The standard InChI is InChI=1S/C21H21OS.C21H29S.C19H17OS.C12H27S.C3H9S/c1-16-14-20(15-17(2)21(16)22-3)23(18-10-6-4-7-11-18)19-12-8-5-9-13-19;1-20(2,3)16-8-12-18(13-9-16)22(7)19-14-10-17(11-15-19)21(4,5)6;1-20-16-12-14-19(15-13-16)21(17-8-4-2-5-9-17)18-10-6-3-7-11-18;1-4-7-10-13(11-8-5-2)12-9-6-3;1-4(2)3/h4-15H,1-3H3;8-15H,1-7H3;2-15H,1H3;4-12H2,1-3H3;1-3H3/q5*+1. The highest BCUT2D eigenvalue weighted by Crippen LogP contribution is 2.36. The van der Waals surface area contributed by atoms with Gasteiger partial charge in [0.1, 0.15) is 35.0 Å². The molecule has 0 atom stereocenters. The Labute approximate surface area is 521 Å². The van der Waals surface area contributed by atoms with E-state index in [1.807, 2.05) is 12.1 Å². The van der Waals surface area contributed by atoms with E-state index in [2.05, 4.69) is 295 Å². The van der Waals surface area contributed by atoms with E-state index in [9.17, 15) is 0 Å². The van der Waals surface area contributed by atoms with Gasteiger partial charge in [-0.15, -0.1) is 0 Å². The molecule has 8 aromatic carbocycles. The Hall–Kier alpha value is -4.89. The van der Waals surface area contributed by atoms with Crippen molar-refractivity contribution in [1.29, 1.82) is 0 Å². The summed E-state index contributed by atoms with van der Waals surface area (Å²) in [7, 11) is 4.80. The fourth-order valence-corrected chi connectivity index (χ4v) is 17.3. The minimum atomic E-state index is -0.101. The fourth-order valence-electron chi connectivity index (χ4n) is 8.91. The quantitative estimate of drug-likeness (QED) is 0.0751. The third-order valence-electron chi connectivity index (χ3n) is 13.6. The number of rotatable bonds is 19. The van der Waals surface area contributed by atoms with Gasteiger partial charge in [-0.2, -0.15) is 0 Å². The van der Waals surface area contributed by atoms with E-state index in [1.54, 1.807) is 14.2 Å². The summed E-state index contributed by atoms with van der Waals surface area (Å²) in [6, 6.07) is 73.9. The molecule has 0 N–H and O–H groups in total. The van der Waals surface area contributed by atoms with Gasteiger partial charge in [0.25, 0.3) is 0 Å². The van der Waals surface area contributed by atoms with Crippen molar-refractivity contribution in [3.63, 3.8) is 0 Å². The fraction of sp³-hybridized carbons (Fsp3) is 0.368. The van der Waals surface area contributed by atoms with Gasteiger partial charge >= 0.3 is 0 Å². The zero-order valence-electron chi connectivity index (χ0n) is 53.9. The van der Waals surface area contributed by atoms with Crippen LogP contribution in [0.25, 0.3) is 0 Å². The number of methoxy groups -OCH3 is 2. The van der Waals surface area contributed by atoms with Crippen molar-refractivity contribution in [2.24, 2.45) is 0 Å². The first kappa shape index (κ1) is 70.6. The molecule has 8 rings (SSSR count). The van der Waals surface area contributed by atoms with Gasteiger partial charge in [-0.05, 0) is 185 Å². The molecule has 0 fully saturated rings. The summed E-state index contributed by atoms with van der Waals surface area (Å²) < 4.78 is 10.8. The van der Waals surface area contributed by atoms with Crippen molar-refractivity contribution in [3.05, 3.63) is 229 Å². The highest BCUT2D eigenvalue weighted by atomic mass is 32.2. The van der Waals surface area contributed by atoms with Crippen molar-refractivity contribution in [1.82, 2.24) is 0 Å². The lowest BCUT2D eigenvalue weighted by Crippen LogP contribution is -2.16. The molecule has 444 valence electrons. The molecule has 0 unspecified atom stereocenters. The first-order valence-electron chi connectivity index (χ1n) is 29.7. The Morgan fingerprint density at radius 3 is 0.892 bits per heavy atom. The second-order valence-electron chi connectivity index (χ2n) is 23.2. The molecule has 0 aromatic heterocycles. The molecule has 0 aliphatic heterocycles. The molecule has 0 saturated heterocycles. The van der Waals surface area contributed by atoms with E-state index in [4.69, 9.17) is 9.47 Å². The molecule has 0 radical (unpaired) electrons. The van der Waals surface area contributed by atoms with E-state index in [-0.39, 0.29) is 43.5 Å². The van der Waals surface area contributed by atoms with Crippen molar-refractivity contribution >= 4 is 54.5 Å². The maximum Gasteiger partial charge on any atom is 0.167 e. The average molecular weight is 1210 g/mol. The monoisotopic (exact) mass is 1210 g/mol. The van der Waals surface area contributed by atoms with Crippen LogP contribution in [0, 0.1) is 13.8 Å². The topological polar surface area (TPSA) is 18.5 Å². The van der Waals surface area contributed by atoms with Crippen molar-refractivity contribution < 1.29 is 9.47 Å². The Balaban J connectivity index is 0.000000236. The van der Waals surface area contributed by atoms with Crippen LogP contribution < -0.4 is 9.47 Å². The Morgan fingerprint density at radius 2 is 0.627 bits per heavy atom. The molecule has 0 aliphatic rings. The van der Waals surface area contributed by atoms with Crippen LogP contribution in [0.5, 0.6) is 11.5 Å². The summed E-state index contributed by atoms with van der Waals surface area (Å²) in [6.07, 6.45) is 17.4. The Morgan fingerprint density at radius 1 is 0.349 bits per heavy atom. The van der Waals surface area contributed by atoms with E-state index < -0.39 is 0 Å². The predicted octanol–water partition coefficient (Wildman–Crippen LogP) is 20.6. The van der Waals surface area contributed by atoms with E-state index >= 15 is 0 Å². The molecular formula is C76H103O2S5+5. The molecule has 2 nitrogen and oxygen atoms in total. The van der Waals surface area contributed by atoms with Crippen LogP contribution >= 0.6 is 0 Å². The van der Waals surface area contributed by atoms with E-state index in [0.717, 1.165) is 22.4 Å². The number of hydrogen-bond acceptors (Lipinski definition) is 2. The highest BCUT2D eigenvalue weighted by molar-refractivity contribution is 7.97. The summed E-state index contributed by atoms with van der Waals surface area (Å²) in [5.74, 6) is 6.41. The average Bonchev–Trinajstić information content (AvgIpc) is 3.69. The van der Waals surface area contributed by atoms with Gasteiger partial charge in [0, 0.05) is 12.1 Å². The molecular weight excluding hydrogens is 1110 g/mol. The van der Waals surface area contributed by atoms with Crippen LogP contribution in [0.4, 0.5) is 0 Å². The van der Waals surface area contributed by atoms with Crippen molar-refractivity contribution in [2.75, 3.05) is 56.5 Å². The van der Waals surface area contributed by atoms with Crippen LogP contribution in [0.2, 0.25) is 0 Å². The SMILES string of the molecule is CCCC[S+](CCCC)CCCC.COc1c(C)cc([S+](c2ccccc2)c2ccccc2)cc1C.COc1ccc([S+](c2ccccc2)c2ccccc2)cc1.C[S+](C)C.C[S+](c1ccc(C(C)(C)C)cc1)c1ccc(C(C)(C)C)cc1. The lowest BCUT2D eigenvalue weighted by Gasteiger charge is -2.19. The molecule has 8 aromatic rings. The number of benzene rings is 8. The second-order valence-corrected chi connectivity index (χ2v) is 34.1. The van der Waals surface area contributed by atoms with Crippen molar-refractivity contribution in [3.8, 4) is 11.5 Å². The van der Waals surface area contributed by atoms with Crippen LogP contribution in [0.1, 0.15) is 123 Å². The number of hydrogen-bond donors (Lipinski definition) is 0. The second kappa shape index (κ2) is 37.5. The predicted molar refractivity (Wildman–Crippen MR) is 377 cm³/mol. The summed E-state index contributed by atoms with van der Waals surface area (Å²) in [5, 5.41) is 0. The van der Waals surface area contributed by atoms with Crippen LogP contribution in [0.3, 0.4) is 0 Å². The zero-order valence-corrected chi connectivity index (χ0v) is 57.9. The molecule has 7 heteroatoms. The van der Waals surface area contributed by atoms with Gasteiger partial charge in [0.15, 0.2) is 39.2 Å². The molecule has 0 aliphatic carbocycles. The van der Waals surface area contributed by atoms with Gasteiger partial charge in [0.05, 0.1) is 65.7 Å².